The minimum atomic E-state index is 0.590. The highest BCUT2D eigenvalue weighted by molar-refractivity contribution is 5.20. The van der Waals surface area contributed by atoms with E-state index in [0.717, 1.165) is 31.2 Å². The molecule has 19 heavy (non-hydrogen) atoms. The first kappa shape index (κ1) is 16.0. The molecule has 0 radical (unpaired) electrons. The van der Waals surface area contributed by atoms with E-state index in [1.54, 1.807) is 0 Å². The van der Waals surface area contributed by atoms with Gasteiger partial charge in [0.25, 0.3) is 0 Å². The van der Waals surface area contributed by atoms with E-state index in [1.165, 1.54) is 19.3 Å². The lowest BCUT2D eigenvalue weighted by atomic mass is 10.0. The van der Waals surface area contributed by atoms with Gasteiger partial charge in [0.15, 0.2) is 0 Å². The summed E-state index contributed by atoms with van der Waals surface area (Å²) in [6, 6.07) is 10.7. The summed E-state index contributed by atoms with van der Waals surface area (Å²) in [4.78, 5) is 0. The first-order chi connectivity index (χ1) is 9.22. The summed E-state index contributed by atoms with van der Waals surface area (Å²) in [6.45, 7) is 8.59. The lowest BCUT2D eigenvalue weighted by molar-refractivity contribution is 0.278. The number of hydrogen-bond acceptors (Lipinski definition) is 2. The molecule has 0 amide bonds. The van der Waals surface area contributed by atoms with Gasteiger partial charge in [0.2, 0.25) is 0 Å². The van der Waals surface area contributed by atoms with Gasteiger partial charge in [-0.1, -0.05) is 51.8 Å². The van der Waals surface area contributed by atoms with E-state index in [1.807, 2.05) is 30.3 Å². The fourth-order valence-corrected chi connectivity index (χ4v) is 2.25. The van der Waals surface area contributed by atoms with Gasteiger partial charge in [-0.2, -0.15) is 0 Å². The van der Waals surface area contributed by atoms with E-state index in [4.69, 9.17) is 4.74 Å². The normalized spacial score (nSPS) is 12.6. The molecule has 1 aromatic carbocycles. The van der Waals surface area contributed by atoms with Crippen LogP contribution in [0.5, 0.6) is 5.75 Å². The third-order valence-corrected chi connectivity index (χ3v) is 3.31. The highest BCUT2D eigenvalue weighted by atomic mass is 16.5. The summed E-state index contributed by atoms with van der Waals surface area (Å²) >= 11 is 0. The van der Waals surface area contributed by atoms with Gasteiger partial charge in [-0.05, 0) is 37.4 Å². The molecule has 0 saturated carbocycles. The van der Waals surface area contributed by atoms with Crippen LogP contribution < -0.4 is 10.1 Å². The van der Waals surface area contributed by atoms with Crippen molar-refractivity contribution in [3.63, 3.8) is 0 Å². The van der Waals surface area contributed by atoms with Gasteiger partial charge in [0, 0.05) is 6.04 Å². The van der Waals surface area contributed by atoms with Gasteiger partial charge < -0.3 is 10.1 Å². The molecule has 0 spiro atoms. The standard InChI is InChI=1S/C17H29NO/c1-4-18-16(10-8-9-15(2)3)13-14-19-17-11-6-5-7-12-17/h5-7,11-12,15-16,18H,4,8-10,13-14H2,1-3H3. The highest BCUT2D eigenvalue weighted by Crippen LogP contribution is 2.12. The van der Waals surface area contributed by atoms with E-state index >= 15 is 0 Å². The van der Waals surface area contributed by atoms with Crippen molar-refractivity contribution in [1.29, 1.82) is 0 Å². The summed E-state index contributed by atoms with van der Waals surface area (Å²) < 4.78 is 5.77. The average Bonchev–Trinajstić information content (AvgIpc) is 2.39. The fourth-order valence-electron chi connectivity index (χ4n) is 2.25. The van der Waals surface area contributed by atoms with E-state index in [9.17, 15) is 0 Å². The maximum Gasteiger partial charge on any atom is 0.119 e. The first-order valence-electron chi connectivity index (χ1n) is 7.63. The van der Waals surface area contributed by atoms with Crippen LogP contribution in [0.3, 0.4) is 0 Å². The van der Waals surface area contributed by atoms with Crippen LogP contribution in [0.4, 0.5) is 0 Å². The molecule has 2 heteroatoms. The summed E-state index contributed by atoms with van der Waals surface area (Å²) in [5.41, 5.74) is 0. The summed E-state index contributed by atoms with van der Waals surface area (Å²) in [7, 11) is 0. The Bertz CT molecular complexity index is 310. The average molecular weight is 263 g/mol. The molecule has 1 unspecified atom stereocenters. The molecule has 0 bridgehead atoms. The van der Waals surface area contributed by atoms with E-state index in [2.05, 4.69) is 26.1 Å². The predicted molar refractivity (Wildman–Crippen MR) is 82.7 cm³/mol. The molecule has 1 atom stereocenters. The Morgan fingerprint density at radius 3 is 2.42 bits per heavy atom. The number of benzene rings is 1. The van der Waals surface area contributed by atoms with Crippen molar-refractivity contribution in [2.75, 3.05) is 13.2 Å². The monoisotopic (exact) mass is 263 g/mol. The third-order valence-electron chi connectivity index (χ3n) is 3.31. The van der Waals surface area contributed by atoms with Crippen LogP contribution in [0.25, 0.3) is 0 Å². The molecular formula is C17H29NO. The molecule has 0 heterocycles. The predicted octanol–water partition coefficient (Wildman–Crippen LogP) is 4.26. The molecule has 2 nitrogen and oxygen atoms in total. The summed E-state index contributed by atoms with van der Waals surface area (Å²) in [5.74, 6) is 1.78. The first-order valence-corrected chi connectivity index (χ1v) is 7.63. The smallest absolute Gasteiger partial charge is 0.119 e. The van der Waals surface area contributed by atoms with Crippen LogP contribution in [0.2, 0.25) is 0 Å². The Morgan fingerprint density at radius 2 is 1.79 bits per heavy atom. The van der Waals surface area contributed by atoms with Crippen molar-refractivity contribution in [2.24, 2.45) is 5.92 Å². The van der Waals surface area contributed by atoms with Crippen molar-refractivity contribution in [3.05, 3.63) is 30.3 Å². The van der Waals surface area contributed by atoms with E-state index in [-0.39, 0.29) is 0 Å². The quantitative estimate of drug-likeness (QED) is 0.681. The molecule has 1 aromatic rings. The van der Waals surface area contributed by atoms with Crippen molar-refractivity contribution in [1.82, 2.24) is 5.32 Å². The lowest BCUT2D eigenvalue weighted by Crippen LogP contribution is -2.30. The Morgan fingerprint density at radius 1 is 1.05 bits per heavy atom. The zero-order valence-corrected chi connectivity index (χ0v) is 12.7. The Hall–Kier alpha value is -1.02. The van der Waals surface area contributed by atoms with Crippen LogP contribution in [0.1, 0.15) is 46.5 Å². The molecule has 0 fully saturated rings. The third kappa shape index (κ3) is 7.89. The van der Waals surface area contributed by atoms with Gasteiger partial charge in [0.1, 0.15) is 5.75 Å². The largest absolute Gasteiger partial charge is 0.494 e. The molecular weight excluding hydrogens is 234 g/mol. The molecule has 108 valence electrons. The number of hydrogen-bond donors (Lipinski definition) is 1. The van der Waals surface area contributed by atoms with E-state index in [0.29, 0.717) is 6.04 Å². The summed E-state index contributed by atoms with van der Waals surface area (Å²) in [5, 5.41) is 3.56. The topological polar surface area (TPSA) is 21.3 Å². The van der Waals surface area contributed by atoms with Crippen molar-refractivity contribution in [3.8, 4) is 5.75 Å². The minimum Gasteiger partial charge on any atom is -0.494 e. The molecule has 0 aromatic heterocycles. The number of rotatable bonds is 10. The fraction of sp³-hybridized carbons (Fsp3) is 0.647. The van der Waals surface area contributed by atoms with Crippen LogP contribution in [0, 0.1) is 5.92 Å². The Labute approximate surface area is 118 Å². The SMILES string of the molecule is CCNC(CCCC(C)C)CCOc1ccccc1. The van der Waals surface area contributed by atoms with Gasteiger partial charge in [-0.3, -0.25) is 0 Å². The van der Waals surface area contributed by atoms with Crippen LogP contribution in [-0.4, -0.2) is 19.2 Å². The second-order valence-corrected chi connectivity index (χ2v) is 5.53. The van der Waals surface area contributed by atoms with Gasteiger partial charge in [-0.15, -0.1) is 0 Å². The number of nitrogens with one attached hydrogen (secondary N) is 1. The molecule has 0 aliphatic heterocycles. The minimum absolute atomic E-state index is 0.590. The highest BCUT2D eigenvalue weighted by Gasteiger charge is 2.08. The number of para-hydroxylation sites is 1. The lowest BCUT2D eigenvalue weighted by Gasteiger charge is -2.18. The van der Waals surface area contributed by atoms with Crippen molar-refractivity contribution in [2.45, 2.75) is 52.5 Å². The second kappa shape index (κ2) is 9.85. The van der Waals surface area contributed by atoms with Crippen LogP contribution >= 0.6 is 0 Å². The van der Waals surface area contributed by atoms with Crippen LogP contribution in [-0.2, 0) is 0 Å². The zero-order chi connectivity index (χ0) is 13.9. The Kier molecular flexibility index (Phi) is 8.31. The second-order valence-electron chi connectivity index (χ2n) is 5.53. The van der Waals surface area contributed by atoms with Crippen molar-refractivity contribution >= 4 is 0 Å². The van der Waals surface area contributed by atoms with E-state index < -0.39 is 0 Å². The molecule has 0 saturated heterocycles. The maximum atomic E-state index is 5.77. The van der Waals surface area contributed by atoms with Crippen LogP contribution in [0.15, 0.2) is 30.3 Å². The Balaban J connectivity index is 2.21. The number of ether oxygens (including phenoxy) is 1. The molecule has 0 aliphatic carbocycles. The zero-order valence-electron chi connectivity index (χ0n) is 12.7. The summed E-state index contributed by atoms with van der Waals surface area (Å²) in [6.07, 6.45) is 4.97. The van der Waals surface area contributed by atoms with Gasteiger partial charge in [0.05, 0.1) is 6.61 Å². The maximum absolute atomic E-state index is 5.77. The van der Waals surface area contributed by atoms with Crippen molar-refractivity contribution < 1.29 is 4.74 Å². The molecule has 1 N–H and O–H groups in total. The molecule has 1 rings (SSSR count). The van der Waals surface area contributed by atoms with Gasteiger partial charge >= 0.3 is 0 Å². The molecule has 0 aliphatic rings. The van der Waals surface area contributed by atoms with Gasteiger partial charge in [-0.25, -0.2) is 0 Å².